The number of benzene rings is 3. The highest BCUT2D eigenvalue weighted by molar-refractivity contribution is 6.32. The Morgan fingerprint density at radius 3 is 2.38 bits per heavy atom. The summed E-state index contributed by atoms with van der Waals surface area (Å²) in [4.78, 5) is 14.6. The minimum atomic E-state index is -0.501. The summed E-state index contributed by atoms with van der Waals surface area (Å²) in [6, 6.07) is 21.5. The molecule has 3 aromatic carbocycles. The van der Waals surface area contributed by atoms with Gasteiger partial charge in [0, 0.05) is 31.3 Å². The van der Waals surface area contributed by atoms with E-state index >= 15 is 0 Å². The minimum Gasteiger partial charge on any atom is -0.456 e. The SMILES string of the molecule is CN=C(NCc1ccccc1)c1ccc(Oc2ccc([N+](=O)[O-])cc2Cl)cc1.Cl. The van der Waals surface area contributed by atoms with Crippen LogP contribution in [0.15, 0.2) is 77.8 Å². The second-order valence-electron chi connectivity index (χ2n) is 5.91. The lowest BCUT2D eigenvalue weighted by molar-refractivity contribution is -0.384. The number of aliphatic imine (C=N–C) groups is 1. The van der Waals surface area contributed by atoms with Gasteiger partial charge in [0.1, 0.15) is 17.3 Å². The predicted molar refractivity (Wildman–Crippen MR) is 118 cm³/mol. The van der Waals surface area contributed by atoms with E-state index in [1.165, 1.54) is 18.2 Å². The molecule has 0 unspecified atom stereocenters. The first-order valence-corrected chi connectivity index (χ1v) is 8.91. The second kappa shape index (κ2) is 10.5. The number of halogens is 2. The fourth-order valence-corrected chi connectivity index (χ4v) is 2.80. The summed E-state index contributed by atoms with van der Waals surface area (Å²) < 4.78 is 5.73. The molecule has 0 amide bonds. The summed E-state index contributed by atoms with van der Waals surface area (Å²) in [7, 11) is 1.73. The third-order valence-corrected chi connectivity index (χ3v) is 4.30. The number of nitro groups is 1. The molecule has 0 saturated carbocycles. The van der Waals surface area contributed by atoms with E-state index in [9.17, 15) is 10.1 Å². The predicted octanol–water partition coefficient (Wildman–Crippen LogP) is 5.63. The Morgan fingerprint density at radius 1 is 1.10 bits per heavy atom. The maximum Gasteiger partial charge on any atom is 0.271 e. The first-order valence-electron chi connectivity index (χ1n) is 8.53. The van der Waals surface area contributed by atoms with Crippen LogP contribution < -0.4 is 10.1 Å². The van der Waals surface area contributed by atoms with Crippen molar-refractivity contribution in [3.8, 4) is 11.5 Å². The van der Waals surface area contributed by atoms with E-state index in [-0.39, 0.29) is 23.1 Å². The normalized spacial score (nSPS) is 10.8. The van der Waals surface area contributed by atoms with Crippen molar-refractivity contribution in [2.24, 2.45) is 4.99 Å². The molecule has 1 N–H and O–H groups in total. The van der Waals surface area contributed by atoms with Gasteiger partial charge in [0.15, 0.2) is 0 Å². The molecule has 0 aliphatic carbocycles. The Hall–Kier alpha value is -3.09. The molecule has 0 heterocycles. The number of non-ortho nitro benzene ring substituents is 1. The van der Waals surface area contributed by atoms with Gasteiger partial charge in [-0.15, -0.1) is 12.4 Å². The van der Waals surface area contributed by atoms with E-state index in [0.29, 0.717) is 18.0 Å². The highest BCUT2D eigenvalue weighted by atomic mass is 35.5. The summed E-state index contributed by atoms with van der Waals surface area (Å²) >= 11 is 6.07. The van der Waals surface area contributed by atoms with Gasteiger partial charge in [-0.05, 0) is 35.9 Å². The number of nitro benzene ring substituents is 1. The minimum absolute atomic E-state index is 0. The second-order valence-corrected chi connectivity index (χ2v) is 6.32. The number of nitrogens with one attached hydrogen (secondary N) is 1. The van der Waals surface area contributed by atoms with Crippen LogP contribution in [-0.4, -0.2) is 17.8 Å². The van der Waals surface area contributed by atoms with Crippen molar-refractivity contribution in [3.05, 3.63) is 99.1 Å². The molecular weight excluding hydrogens is 413 g/mol. The van der Waals surface area contributed by atoms with Crippen LogP contribution in [0.3, 0.4) is 0 Å². The number of ether oxygens (including phenoxy) is 1. The largest absolute Gasteiger partial charge is 0.456 e. The van der Waals surface area contributed by atoms with Gasteiger partial charge in [0.2, 0.25) is 0 Å². The Balaban J connectivity index is 0.00000300. The molecule has 0 fully saturated rings. The van der Waals surface area contributed by atoms with Crippen LogP contribution in [0.1, 0.15) is 11.1 Å². The van der Waals surface area contributed by atoms with Gasteiger partial charge >= 0.3 is 0 Å². The van der Waals surface area contributed by atoms with Crippen LogP contribution in [0, 0.1) is 10.1 Å². The highest BCUT2D eigenvalue weighted by Crippen LogP contribution is 2.32. The Kier molecular flexibility index (Phi) is 8.00. The fourth-order valence-electron chi connectivity index (χ4n) is 2.59. The lowest BCUT2D eigenvalue weighted by Gasteiger charge is -2.11. The maximum atomic E-state index is 10.8. The lowest BCUT2D eigenvalue weighted by Crippen LogP contribution is -2.23. The zero-order valence-electron chi connectivity index (χ0n) is 15.5. The standard InChI is InChI=1S/C21H18ClN3O3.ClH/c1-23-21(24-14-15-5-3-2-4-6-15)16-7-10-18(11-8-16)28-20-12-9-17(25(26)27)13-19(20)22;/h2-13H,14H2,1H3,(H,23,24);1H. The molecule has 3 rings (SSSR count). The maximum absolute atomic E-state index is 10.8. The molecule has 0 bridgehead atoms. The number of amidine groups is 1. The molecule has 6 nitrogen and oxygen atoms in total. The monoisotopic (exact) mass is 431 g/mol. The smallest absolute Gasteiger partial charge is 0.271 e. The molecule has 0 aromatic heterocycles. The molecule has 8 heteroatoms. The van der Waals surface area contributed by atoms with Crippen LogP contribution >= 0.6 is 24.0 Å². The van der Waals surface area contributed by atoms with Crippen LogP contribution in [0.2, 0.25) is 5.02 Å². The van der Waals surface area contributed by atoms with E-state index in [2.05, 4.69) is 10.3 Å². The average Bonchev–Trinajstić information content (AvgIpc) is 2.71. The van der Waals surface area contributed by atoms with E-state index in [4.69, 9.17) is 16.3 Å². The summed E-state index contributed by atoms with van der Waals surface area (Å²) in [6.45, 7) is 0.671. The Morgan fingerprint density at radius 2 is 1.79 bits per heavy atom. The third-order valence-electron chi connectivity index (χ3n) is 4.01. The molecule has 0 atom stereocenters. The zero-order valence-corrected chi connectivity index (χ0v) is 17.1. The molecule has 0 spiro atoms. The van der Waals surface area contributed by atoms with Crippen molar-refractivity contribution in [1.82, 2.24) is 5.32 Å². The number of hydrogen-bond donors (Lipinski definition) is 1. The van der Waals surface area contributed by atoms with Gasteiger partial charge in [0.05, 0.1) is 9.95 Å². The molecule has 0 aliphatic heterocycles. The molecule has 0 radical (unpaired) electrons. The Bertz CT molecular complexity index is 994. The van der Waals surface area contributed by atoms with Crippen LogP contribution in [0.25, 0.3) is 0 Å². The van der Waals surface area contributed by atoms with E-state index in [1.54, 1.807) is 19.2 Å². The third kappa shape index (κ3) is 5.94. The van der Waals surface area contributed by atoms with Gasteiger partial charge in [0.25, 0.3) is 5.69 Å². The summed E-state index contributed by atoms with van der Waals surface area (Å²) in [5, 5.41) is 14.3. The first-order chi connectivity index (χ1) is 13.6. The van der Waals surface area contributed by atoms with E-state index < -0.39 is 4.92 Å². The van der Waals surface area contributed by atoms with Crippen molar-refractivity contribution in [3.63, 3.8) is 0 Å². The van der Waals surface area contributed by atoms with Crippen molar-refractivity contribution in [2.45, 2.75) is 6.54 Å². The van der Waals surface area contributed by atoms with Gasteiger partial charge in [-0.3, -0.25) is 15.1 Å². The molecular formula is C21H19Cl2N3O3. The molecule has 150 valence electrons. The number of rotatable bonds is 6. The van der Waals surface area contributed by atoms with E-state index in [1.807, 2.05) is 42.5 Å². The van der Waals surface area contributed by atoms with Gasteiger partial charge < -0.3 is 10.1 Å². The highest BCUT2D eigenvalue weighted by Gasteiger charge is 2.11. The van der Waals surface area contributed by atoms with Gasteiger partial charge in [-0.2, -0.15) is 0 Å². The fraction of sp³-hybridized carbons (Fsp3) is 0.0952. The van der Waals surface area contributed by atoms with Crippen LogP contribution in [-0.2, 0) is 6.54 Å². The van der Waals surface area contributed by atoms with Crippen molar-refractivity contribution < 1.29 is 9.66 Å². The first kappa shape index (κ1) is 22.2. The number of nitrogens with zero attached hydrogens (tertiary/aromatic N) is 2. The zero-order chi connectivity index (χ0) is 19.9. The average molecular weight is 432 g/mol. The van der Waals surface area contributed by atoms with Crippen molar-refractivity contribution in [2.75, 3.05) is 7.05 Å². The molecule has 29 heavy (non-hydrogen) atoms. The quantitative estimate of drug-likeness (QED) is 0.237. The molecule has 0 saturated heterocycles. The van der Waals surface area contributed by atoms with Gasteiger partial charge in [-0.25, -0.2) is 0 Å². The Labute approximate surface area is 179 Å². The molecule has 0 aliphatic rings. The van der Waals surface area contributed by atoms with E-state index in [0.717, 1.165) is 17.0 Å². The lowest BCUT2D eigenvalue weighted by atomic mass is 10.1. The number of hydrogen-bond acceptors (Lipinski definition) is 4. The van der Waals surface area contributed by atoms with Gasteiger partial charge in [-0.1, -0.05) is 41.9 Å². The summed E-state index contributed by atoms with van der Waals surface area (Å²) in [5.74, 6) is 1.69. The van der Waals surface area contributed by atoms with Crippen LogP contribution in [0.5, 0.6) is 11.5 Å². The molecule has 3 aromatic rings. The van der Waals surface area contributed by atoms with Crippen LogP contribution in [0.4, 0.5) is 5.69 Å². The summed E-state index contributed by atoms with van der Waals surface area (Å²) in [6.07, 6.45) is 0. The topological polar surface area (TPSA) is 76.8 Å². The summed E-state index contributed by atoms with van der Waals surface area (Å²) in [5.41, 5.74) is 2.00. The van der Waals surface area contributed by atoms with Crippen molar-refractivity contribution in [1.29, 1.82) is 0 Å². The van der Waals surface area contributed by atoms with Crippen molar-refractivity contribution >= 4 is 35.5 Å².